The molecule has 92 valence electrons. The third-order valence-corrected chi connectivity index (χ3v) is 3.00. The third-order valence-electron chi connectivity index (χ3n) is 3.00. The predicted octanol–water partition coefficient (Wildman–Crippen LogP) is 3.02. The van der Waals surface area contributed by atoms with Gasteiger partial charge in [0.05, 0.1) is 4.79 Å². The highest BCUT2D eigenvalue weighted by molar-refractivity contribution is 5.78. The van der Waals surface area contributed by atoms with Crippen molar-refractivity contribution in [3.8, 4) is 11.1 Å². The van der Waals surface area contributed by atoms with Crippen LogP contribution in [0.1, 0.15) is 0 Å². The number of pyridine rings is 1. The first-order valence-corrected chi connectivity index (χ1v) is 6.18. The van der Waals surface area contributed by atoms with Crippen LogP contribution in [0.3, 0.4) is 0 Å². The lowest BCUT2D eigenvalue weighted by Gasteiger charge is -1.89. The third kappa shape index (κ3) is 2.46. The average Bonchev–Trinajstić information content (AvgIpc) is 2.66. The minimum Gasteiger partial charge on any atom is -0.357 e. The number of hydrogen-bond donors (Lipinski definition) is 0. The minimum atomic E-state index is 0.854. The van der Waals surface area contributed by atoms with Gasteiger partial charge in [0.2, 0.25) is 0 Å². The molecular weight excluding hydrogens is 234 g/mol. The van der Waals surface area contributed by atoms with E-state index in [1.807, 2.05) is 60.4 Å². The fourth-order valence-electron chi connectivity index (χ4n) is 1.96. The van der Waals surface area contributed by atoms with Gasteiger partial charge in [-0.2, -0.15) is 0 Å². The smallest absolute Gasteiger partial charge is 0.357 e. The number of rotatable bonds is 1. The topological polar surface area (TPSA) is 31.4 Å². The zero-order chi connectivity index (χ0) is 13.1. The minimum absolute atomic E-state index is 0.854. The first-order valence-electron chi connectivity index (χ1n) is 6.18. The second kappa shape index (κ2) is 4.92. The Morgan fingerprint density at radius 1 is 0.895 bits per heavy atom. The molecule has 1 aromatic rings. The standard InChI is InChI=1S/C16H14N3/c1-19-11-9-14(10-12-19)17-18-16-8-7-13-5-3-2-4-6-15(13)16/h2-12H,1H3/q+1. The van der Waals surface area contributed by atoms with Crippen LogP contribution in [-0.2, 0) is 7.05 Å². The number of fused-ring (bicyclic) bond motifs is 1. The molecule has 0 N–H and O–H groups in total. The molecule has 0 bridgehead atoms. The maximum absolute atomic E-state index is 4.34. The largest absolute Gasteiger partial charge is 0.368 e. The molecule has 3 nitrogen and oxygen atoms in total. The molecule has 0 radical (unpaired) electrons. The van der Waals surface area contributed by atoms with Crippen molar-refractivity contribution in [2.24, 2.45) is 12.2 Å². The lowest BCUT2D eigenvalue weighted by Crippen LogP contribution is -2.03. The van der Waals surface area contributed by atoms with E-state index in [1.54, 1.807) is 0 Å². The van der Waals surface area contributed by atoms with Gasteiger partial charge in [-0.05, 0) is 11.6 Å². The van der Waals surface area contributed by atoms with Gasteiger partial charge in [-0.3, -0.25) is 0 Å². The molecular formula is C16H14N3+. The van der Waals surface area contributed by atoms with Gasteiger partial charge in [-0.25, -0.2) is 0 Å². The van der Waals surface area contributed by atoms with Crippen LogP contribution >= 0.6 is 0 Å². The highest BCUT2D eigenvalue weighted by atomic mass is 15.0. The molecule has 3 heteroatoms. The molecule has 1 aromatic heterocycles. The highest BCUT2D eigenvalue weighted by Crippen LogP contribution is 2.32. The zero-order valence-electron chi connectivity index (χ0n) is 10.7. The Morgan fingerprint density at radius 3 is 2.53 bits per heavy atom. The monoisotopic (exact) mass is 248 g/mol. The van der Waals surface area contributed by atoms with E-state index in [4.69, 9.17) is 0 Å². The number of aryl methyl sites for hydroxylation is 1. The molecule has 0 atom stereocenters. The van der Waals surface area contributed by atoms with Crippen LogP contribution in [0.25, 0.3) is 11.1 Å². The molecule has 0 aliphatic heterocycles. The SMILES string of the molecule is Cn1ccc(=[N+]=Nc2ccc3cccccc2-3)cc1. The molecule has 0 aromatic carbocycles. The van der Waals surface area contributed by atoms with Crippen molar-refractivity contribution in [1.29, 1.82) is 0 Å². The molecule has 19 heavy (non-hydrogen) atoms. The van der Waals surface area contributed by atoms with E-state index in [1.165, 1.54) is 5.56 Å². The molecule has 0 saturated carbocycles. The van der Waals surface area contributed by atoms with Crippen molar-refractivity contribution in [2.45, 2.75) is 0 Å². The van der Waals surface area contributed by atoms with E-state index in [2.05, 4.69) is 28.1 Å². The van der Waals surface area contributed by atoms with E-state index in [0.717, 1.165) is 16.6 Å². The predicted molar refractivity (Wildman–Crippen MR) is 74.0 cm³/mol. The first kappa shape index (κ1) is 11.5. The normalized spacial score (nSPS) is 10.2. The van der Waals surface area contributed by atoms with Crippen LogP contribution in [-0.4, -0.2) is 9.36 Å². The van der Waals surface area contributed by atoms with Gasteiger partial charge < -0.3 is 4.57 Å². The fraction of sp³-hybridized carbons (Fsp3) is 0.0625. The molecule has 3 rings (SSSR count). The molecule has 0 saturated heterocycles. The molecule has 0 unspecified atom stereocenters. The number of nitrogens with zero attached hydrogens (tertiary/aromatic N) is 3. The molecule has 1 heterocycles. The summed E-state index contributed by atoms with van der Waals surface area (Å²) < 4.78 is 1.97. The van der Waals surface area contributed by atoms with Crippen LogP contribution in [0.5, 0.6) is 0 Å². The summed E-state index contributed by atoms with van der Waals surface area (Å²) >= 11 is 0. The Kier molecular flexibility index (Phi) is 2.97. The van der Waals surface area contributed by atoms with Crippen molar-refractivity contribution in [1.82, 2.24) is 4.57 Å². The summed E-state index contributed by atoms with van der Waals surface area (Å²) in [5, 5.41) is 5.19. The molecule has 0 amide bonds. The van der Waals surface area contributed by atoms with Gasteiger partial charge in [0.1, 0.15) is 5.11 Å². The van der Waals surface area contributed by atoms with Crippen LogP contribution < -0.4 is 5.36 Å². The summed E-state index contributed by atoms with van der Waals surface area (Å²) in [4.78, 5) is 4.27. The van der Waals surface area contributed by atoms with E-state index < -0.39 is 0 Å². The van der Waals surface area contributed by atoms with E-state index in [0.29, 0.717) is 0 Å². The average molecular weight is 248 g/mol. The van der Waals surface area contributed by atoms with Gasteiger partial charge >= 0.3 is 5.36 Å². The summed E-state index contributed by atoms with van der Waals surface area (Å²) in [6.45, 7) is 0. The summed E-state index contributed by atoms with van der Waals surface area (Å²) in [6.07, 6.45) is 3.91. The molecule has 2 aliphatic rings. The quantitative estimate of drug-likeness (QED) is 0.468. The first-order chi connectivity index (χ1) is 9.33. The van der Waals surface area contributed by atoms with E-state index in [-0.39, 0.29) is 0 Å². The van der Waals surface area contributed by atoms with E-state index >= 15 is 0 Å². The Labute approximate surface area is 111 Å². The Balaban J connectivity index is 2.08. The van der Waals surface area contributed by atoms with Crippen molar-refractivity contribution >= 4 is 5.69 Å². The summed E-state index contributed by atoms with van der Waals surface area (Å²) in [6, 6.07) is 18.1. The van der Waals surface area contributed by atoms with Crippen molar-refractivity contribution in [2.75, 3.05) is 0 Å². The van der Waals surface area contributed by atoms with Crippen molar-refractivity contribution < 1.29 is 4.79 Å². The maximum atomic E-state index is 4.34. The lowest BCUT2D eigenvalue weighted by molar-refractivity contribution is -0.132. The van der Waals surface area contributed by atoms with Crippen LogP contribution in [0, 0.1) is 0 Å². The van der Waals surface area contributed by atoms with Crippen LogP contribution in [0.2, 0.25) is 0 Å². The van der Waals surface area contributed by atoms with Gasteiger partial charge in [-0.1, -0.05) is 36.4 Å². The second-order valence-corrected chi connectivity index (χ2v) is 4.42. The molecule has 2 aliphatic carbocycles. The highest BCUT2D eigenvalue weighted by Gasteiger charge is 2.09. The zero-order valence-corrected chi connectivity index (χ0v) is 10.7. The summed E-state index contributed by atoms with van der Waals surface area (Å²) in [5.41, 5.74) is 3.20. The molecule has 0 spiro atoms. The van der Waals surface area contributed by atoms with E-state index in [9.17, 15) is 0 Å². The Bertz CT molecular complexity index is 759. The van der Waals surface area contributed by atoms with Crippen LogP contribution in [0.15, 0.2) is 72.1 Å². The number of hydrogen-bond acceptors (Lipinski definition) is 1. The maximum Gasteiger partial charge on any atom is 0.368 e. The van der Waals surface area contributed by atoms with Crippen LogP contribution in [0.4, 0.5) is 5.69 Å². The Hall–Kier alpha value is -2.64. The van der Waals surface area contributed by atoms with Crippen molar-refractivity contribution in [3.05, 3.63) is 72.3 Å². The van der Waals surface area contributed by atoms with Crippen molar-refractivity contribution in [3.63, 3.8) is 0 Å². The second-order valence-electron chi connectivity index (χ2n) is 4.42. The van der Waals surface area contributed by atoms with Gasteiger partial charge in [0.15, 0.2) is 5.69 Å². The Morgan fingerprint density at radius 2 is 1.68 bits per heavy atom. The molecule has 0 fully saturated rings. The van der Waals surface area contributed by atoms with Gasteiger partial charge in [0, 0.05) is 37.1 Å². The number of aromatic nitrogens is 1. The summed E-state index contributed by atoms with van der Waals surface area (Å²) in [7, 11) is 1.98. The van der Waals surface area contributed by atoms with Gasteiger partial charge in [0.25, 0.3) is 0 Å². The van der Waals surface area contributed by atoms with Gasteiger partial charge in [-0.15, -0.1) is 0 Å². The lowest BCUT2D eigenvalue weighted by atomic mass is 10.2. The fourth-order valence-corrected chi connectivity index (χ4v) is 1.96. The summed E-state index contributed by atoms with van der Waals surface area (Å²) in [5.74, 6) is 0.